The van der Waals surface area contributed by atoms with E-state index in [1.165, 1.54) is 11.9 Å². The van der Waals surface area contributed by atoms with Gasteiger partial charge in [0.15, 0.2) is 0 Å². The molecule has 138 valence electrons. The number of allylic oxidation sites excluding steroid dienone is 2. The molecule has 4 nitrogen and oxygen atoms in total. The third-order valence-electron chi connectivity index (χ3n) is 4.27. The van der Waals surface area contributed by atoms with Crippen LogP contribution in [0.4, 0.5) is 5.69 Å². The molecule has 2 aromatic rings. The van der Waals surface area contributed by atoms with Gasteiger partial charge in [0, 0.05) is 16.9 Å². The van der Waals surface area contributed by atoms with Crippen LogP contribution in [-0.4, -0.2) is 18.3 Å². The fourth-order valence-corrected chi connectivity index (χ4v) is 4.12. The lowest BCUT2D eigenvalue weighted by atomic mass is 9.90. The number of hydrogen-bond donors (Lipinski definition) is 2. The molecule has 1 amide bonds. The van der Waals surface area contributed by atoms with Crippen molar-refractivity contribution < 1.29 is 4.79 Å². The maximum atomic E-state index is 12.6. The first kappa shape index (κ1) is 19.5. The Kier molecular flexibility index (Phi) is 6.53. The van der Waals surface area contributed by atoms with Crippen molar-refractivity contribution in [2.75, 3.05) is 6.54 Å². The number of halogens is 1. The van der Waals surface area contributed by atoms with Crippen LogP contribution in [0.2, 0.25) is 0 Å². The van der Waals surface area contributed by atoms with Crippen molar-refractivity contribution in [1.82, 2.24) is 10.0 Å². The van der Waals surface area contributed by atoms with Crippen LogP contribution in [0.5, 0.6) is 0 Å². The third-order valence-corrected chi connectivity index (χ3v) is 5.60. The number of benzene rings is 2. The monoisotopic (exact) mass is 441 g/mol. The Balaban J connectivity index is 1.75. The summed E-state index contributed by atoms with van der Waals surface area (Å²) in [5.41, 5.74) is 2.99. The molecule has 0 radical (unpaired) electrons. The first-order chi connectivity index (χ1) is 13.1. The average molecular weight is 442 g/mol. The van der Waals surface area contributed by atoms with Crippen LogP contribution in [0.15, 0.2) is 87.2 Å². The Morgan fingerprint density at radius 3 is 2.81 bits per heavy atom. The van der Waals surface area contributed by atoms with Gasteiger partial charge in [0.25, 0.3) is 5.91 Å². The summed E-state index contributed by atoms with van der Waals surface area (Å²) in [5.74, 6) is 0.122. The van der Waals surface area contributed by atoms with Crippen LogP contribution in [0.1, 0.15) is 18.4 Å². The highest BCUT2D eigenvalue weighted by Crippen LogP contribution is 2.33. The molecular formula is C21H20BrN3OS. The second-order valence-corrected chi connectivity index (χ2v) is 7.71. The van der Waals surface area contributed by atoms with Gasteiger partial charge in [-0.05, 0) is 48.2 Å². The van der Waals surface area contributed by atoms with Crippen LogP contribution in [-0.2, 0) is 4.79 Å². The first-order valence-corrected chi connectivity index (χ1v) is 10.2. The Hall–Kier alpha value is -2.31. The molecule has 0 bridgehead atoms. The smallest absolute Gasteiger partial charge is 0.287 e. The van der Waals surface area contributed by atoms with E-state index in [2.05, 4.69) is 49.7 Å². The van der Waals surface area contributed by atoms with Crippen molar-refractivity contribution in [2.45, 2.75) is 17.7 Å². The van der Waals surface area contributed by atoms with E-state index in [-0.39, 0.29) is 11.8 Å². The Morgan fingerprint density at radius 1 is 1.33 bits per heavy atom. The summed E-state index contributed by atoms with van der Waals surface area (Å²) in [5, 5.41) is 3.00. The zero-order valence-electron chi connectivity index (χ0n) is 14.9. The summed E-state index contributed by atoms with van der Waals surface area (Å²) in [6.45, 7) is 6.35. The molecular weight excluding hydrogens is 422 g/mol. The molecule has 0 saturated carbocycles. The number of rotatable bonds is 6. The molecule has 1 aliphatic heterocycles. The van der Waals surface area contributed by atoms with Crippen LogP contribution in [0.25, 0.3) is 0 Å². The van der Waals surface area contributed by atoms with Gasteiger partial charge in [-0.2, -0.15) is 0 Å². The fraction of sp³-hybridized carbons (Fsp3) is 0.143. The van der Waals surface area contributed by atoms with Gasteiger partial charge < -0.3 is 10.0 Å². The Bertz CT molecular complexity index is 909. The van der Waals surface area contributed by atoms with Gasteiger partial charge in [-0.1, -0.05) is 65.0 Å². The van der Waals surface area contributed by atoms with E-state index in [4.69, 9.17) is 0 Å². The van der Waals surface area contributed by atoms with Crippen molar-refractivity contribution in [2.24, 2.45) is 4.99 Å². The predicted octanol–water partition coefficient (Wildman–Crippen LogP) is 5.12. The zero-order chi connectivity index (χ0) is 19.2. The number of nitrogens with zero attached hydrogens (tertiary/aromatic N) is 1. The molecule has 27 heavy (non-hydrogen) atoms. The quantitative estimate of drug-likeness (QED) is 0.482. The van der Waals surface area contributed by atoms with Gasteiger partial charge in [0.05, 0.1) is 10.6 Å². The van der Waals surface area contributed by atoms with E-state index in [0.29, 0.717) is 12.4 Å². The maximum Gasteiger partial charge on any atom is 0.287 e. The molecule has 1 heterocycles. The largest absolute Gasteiger partial charge is 0.348 e. The van der Waals surface area contributed by atoms with Crippen molar-refractivity contribution >= 4 is 45.3 Å². The van der Waals surface area contributed by atoms with Gasteiger partial charge in [-0.25, -0.2) is 4.99 Å². The number of amides is 1. The predicted molar refractivity (Wildman–Crippen MR) is 116 cm³/mol. The van der Waals surface area contributed by atoms with Crippen LogP contribution in [0.3, 0.4) is 0 Å². The molecule has 1 unspecified atom stereocenters. The lowest BCUT2D eigenvalue weighted by molar-refractivity contribution is -0.114. The highest BCUT2D eigenvalue weighted by molar-refractivity contribution is 9.10. The number of amidine groups is 1. The van der Waals surface area contributed by atoms with E-state index < -0.39 is 0 Å². The number of hydrogen-bond acceptors (Lipinski definition) is 4. The lowest BCUT2D eigenvalue weighted by Crippen LogP contribution is -2.40. The van der Waals surface area contributed by atoms with Crippen molar-refractivity contribution in [3.05, 3.63) is 82.9 Å². The minimum absolute atomic E-state index is 0.0396. The minimum Gasteiger partial charge on any atom is -0.348 e. The summed E-state index contributed by atoms with van der Waals surface area (Å²) in [6.07, 6.45) is 3.86. The number of carbonyl (C=O) groups excluding carboxylic acids is 1. The molecule has 0 saturated heterocycles. The second kappa shape index (κ2) is 9.06. The summed E-state index contributed by atoms with van der Waals surface area (Å²) < 4.78 is 4.00. The van der Waals surface area contributed by atoms with E-state index in [1.807, 2.05) is 55.5 Å². The van der Waals surface area contributed by atoms with Gasteiger partial charge in [-0.3, -0.25) is 4.79 Å². The van der Waals surface area contributed by atoms with E-state index >= 15 is 0 Å². The summed E-state index contributed by atoms with van der Waals surface area (Å²) in [4.78, 5) is 18.1. The SMILES string of the molecule is C=C/C(=C\C)C(CNC(=O)C1=Nc2ccc(Br)cc2SN1)c1ccccc1. The lowest BCUT2D eigenvalue weighted by Gasteiger charge is -2.21. The zero-order valence-corrected chi connectivity index (χ0v) is 17.3. The molecule has 0 spiro atoms. The summed E-state index contributed by atoms with van der Waals surface area (Å²) in [7, 11) is 0. The highest BCUT2D eigenvalue weighted by Gasteiger charge is 2.21. The van der Waals surface area contributed by atoms with Crippen LogP contribution in [0, 0.1) is 0 Å². The van der Waals surface area contributed by atoms with Crippen LogP contribution >= 0.6 is 27.9 Å². The summed E-state index contributed by atoms with van der Waals surface area (Å²) >= 11 is 4.83. The van der Waals surface area contributed by atoms with E-state index in [9.17, 15) is 4.79 Å². The molecule has 2 N–H and O–H groups in total. The number of carbonyl (C=O) groups is 1. The molecule has 1 aliphatic rings. The minimum atomic E-state index is -0.225. The molecule has 0 fully saturated rings. The number of fused-ring (bicyclic) bond motifs is 1. The summed E-state index contributed by atoms with van der Waals surface area (Å²) in [6, 6.07) is 15.9. The third kappa shape index (κ3) is 4.70. The number of aliphatic imine (C=N–C) groups is 1. The molecule has 1 atom stereocenters. The average Bonchev–Trinajstić information content (AvgIpc) is 2.71. The van der Waals surface area contributed by atoms with E-state index in [0.717, 1.165) is 26.2 Å². The molecule has 2 aromatic carbocycles. The molecule has 0 aromatic heterocycles. The molecule has 3 rings (SSSR count). The van der Waals surface area contributed by atoms with Crippen molar-refractivity contribution in [3.63, 3.8) is 0 Å². The Labute approximate surface area is 172 Å². The second-order valence-electron chi connectivity index (χ2n) is 5.94. The van der Waals surface area contributed by atoms with Gasteiger partial charge in [0.1, 0.15) is 0 Å². The maximum absolute atomic E-state index is 12.6. The molecule has 6 heteroatoms. The van der Waals surface area contributed by atoms with Crippen molar-refractivity contribution in [3.8, 4) is 0 Å². The van der Waals surface area contributed by atoms with Crippen LogP contribution < -0.4 is 10.0 Å². The normalized spacial score (nSPS) is 14.4. The van der Waals surface area contributed by atoms with Crippen molar-refractivity contribution in [1.29, 1.82) is 0 Å². The fourth-order valence-electron chi connectivity index (χ4n) is 2.86. The Morgan fingerprint density at radius 2 is 2.11 bits per heavy atom. The van der Waals surface area contributed by atoms with Gasteiger partial charge in [-0.15, -0.1) is 0 Å². The first-order valence-electron chi connectivity index (χ1n) is 8.55. The highest BCUT2D eigenvalue weighted by atomic mass is 79.9. The van der Waals surface area contributed by atoms with Gasteiger partial charge in [0.2, 0.25) is 5.84 Å². The van der Waals surface area contributed by atoms with Gasteiger partial charge >= 0.3 is 0 Å². The molecule has 0 aliphatic carbocycles. The number of nitrogens with one attached hydrogen (secondary N) is 2. The van der Waals surface area contributed by atoms with E-state index in [1.54, 1.807) is 0 Å². The topological polar surface area (TPSA) is 53.5 Å². The standard InChI is InChI=1S/C21H20BrN3OS/c1-3-14(4-2)17(15-8-6-5-7-9-15)13-23-21(26)20-24-18-11-10-16(22)12-19(18)27-25-20/h3-12,17H,1,13H2,2H3,(H,23,26)(H,24,25)/b14-4+.